The Morgan fingerprint density at radius 2 is 1.96 bits per heavy atom. The molecule has 2 aromatic rings. The molecular weight excluding hydrogens is 356 g/mol. The first-order valence-electron chi connectivity index (χ1n) is 9.80. The molecule has 2 fully saturated rings. The van der Waals surface area contributed by atoms with E-state index in [0.717, 1.165) is 34.6 Å². The molecular formula is C22H28N2O2S. The molecule has 2 aliphatic rings. The van der Waals surface area contributed by atoms with Crippen LogP contribution >= 0.6 is 11.3 Å². The highest BCUT2D eigenvalue weighted by atomic mass is 32.1. The van der Waals surface area contributed by atoms with Crippen LogP contribution in [0, 0.1) is 13.8 Å². The molecule has 1 amide bonds. The van der Waals surface area contributed by atoms with Gasteiger partial charge in [0.1, 0.15) is 12.4 Å². The van der Waals surface area contributed by atoms with Gasteiger partial charge >= 0.3 is 0 Å². The monoisotopic (exact) mass is 384 g/mol. The maximum absolute atomic E-state index is 12.7. The number of carbonyl (C=O) groups is 1. The predicted molar refractivity (Wildman–Crippen MR) is 110 cm³/mol. The van der Waals surface area contributed by atoms with Gasteiger partial charge in [0, 0.05) is 23.7 Å². The number of nitrogens with zero attached hydrogens (tertiary/aromatic N) is 1. The molecule has 4 nitrogen and oxygen atoms in total. The van der Waals surface area contributed by atoms with Gasteiger partial charge in [0.15, 0.2) is 0 Å². The van der Waals surface area contributed by atoms with Crippen molar-refractivity contribution in [3.8, 4) is 5.75 Å². The summed E-state index contributed by atoms with van der Waals surface area (Å²) in [5, 5.41) is 5.29. The van der Waals surface area contributed by atoms with Crippen LogP contribution in [0.1, 0.15) is 52.0 Å². The van der Waals surface area contributed by atoms with E-state index in [1.807, 2.05) is 17.5 Å². The van der Waals surface area contributed by atoms with Gasteiger partial charge in [0.2, 0.25) is 0 Å². The minimum Gasteiger partial charge on any atom is -0.489 e. The molecule has 2 aliphatic heterocycles. The van der Waals surface area contributed by atoms with Crippen LogP contribution in [0.5, 0.6) is 5.75 Å². The fraction of sp³-hybridized carbons (Fsp3) is 0.500. The minimum absolute atomic E-state index is 0.0618. The zero-order chi connectivity index (χ0) is 19.0. The van der Waals surface area contributed by atoms with Gasteiger partial charge in [-0.3, -0.25) is 4.79 Å². The Morgan fingerprint density at radius 3 is 2.67 bits per heavy atom. The van der Waals surface area contributed by atoms with E-state index >= 15 is 0 Å². The van der Waals surface area contributed by atoms with Gasteiger partial charge in [-0.05, 0) is 69.7 Å². The van der Waals surface area contributed by atoms with Crippen molar-refractivity contribution in [2.45, 2.75) is 64.3 Å². The Bertz CT molecular complexity index is 817. The predicted octanol–water partition coefficient (Wildman–Crippen LogP) is 4.30. The van der Waals surface area contributed by atoms with Crippen molar-refractivity contribution < 1.29 is 9.53 Å². The molecule has 0 spiro atoms. The van der Waals surface area contributed by atoms with Crippen molar-refractivity contribution in [1.29, 1.82) is 0 Å². The molecule has 3 heterocycles. The number of hydrogen-bond donors (Lipinski definition) is 1. The zero-order valence-corrected chi connectivity index (χ0v) is 17.1. The fourth-order valence-corrected chi connectivity index (χ4v) is 5.28. The number of thiophene rings is 1. The molecule has 2 unspecified atom stereocenters. The maximum atomic E-state index is 12.7. The van der Waals surface area contributed by atoms with Gasteiger partial charge in [-0.1, -0.05) is 17.7 Å². The van der Waals surface area contributed by atoms with Gasteiger partial charge < -0.3 is 15.0 Å². The summed E-state index contributed by atoms with van der Waals surface area (Å²) >= 11 is 1.50. The summed E-state index contributed by atoms with van der Waals surface area (Å²) in [6.45, 7) is 4.63. The standard InChI is InChI=1S/C22H28N2O2S/c1-14-4-7-20(15(2)8-14)26-12-16-9-21(27-13-16)22(25)23-17-10-18-5-6-19(11-17)24(18)3/h4,7-9,13,17-19H,5-6,10-12H2,1-3H3,(H,23,25). The van der Waals surface area contributed by atoms with Gasteiger partial charge in [0.25, 0.3) is 5.91 Å². The first-order chi connectivity index (χ1) is 13.0. The molecule has 2 saturated heterocycles. The summed E-state index contributed by atoms with van der Waals surface area (Å²) in [4.78, 5) is 15.9. The van der Waals surface area contributed by atoms with Crippen molar-refractivity contribution in [1.82, 2.24) is 10.2 Å². The number of ether oxygens (including phenoxy) is 1. The average molecular weight is 385 g/mol. The number of nitrogens with one attached hydrogen (secondary N) is 1. The number of piperidine rings is 1. The second kappa shape index (κ2) is 7.64. The molecule has 0 radical (unpaired) electrons. The molecule has 1 aromatic heterocycles. The first kappa shape index (κ1) is 18.5. The Balaban J connectivity index is 1.33. The smallest absolute Gasteiger partial charge is 0.261 e. The SMILES string of the molecule is Cc1ccc(OCc2csc(C(=O)NC3CC4CCC(C3)N4C)c2)c(C)c1. The van der Waals surface area contributed by atoms with Crippen LogP contribution in [0.15, 0.2) is 29.6 Å². The Hall–Kier alpha value is -1.85. The fourth-order valence-electron chi connectivity index (χ4n) is 4.48. The summed E-state index contributed by atoms with van der Waals surface area (Å²) in [5.41, 5.74) is 3.42. The van der Waals surface area contributed by atoms with Crippen molar-refractivity contribution in [2.75, 3.05) is 7.05 Å². The molecule has 27 heavy (non-hydrogen) atoms. The number of hydrogen-bond acceptors (Lipinski definition) is 4. The van der Waals surface area contributed by atoms with Crippen LogP contribution in [-0.2, 0) is 6.61 Å². The van der Waals surface area contributed by atoms with Crippen molar-refractivity contribution in [3.63, 3.8) is 0 Å². The number of aryl methyl sites for hydroxylation is 2. The molecule has 1 N–H and O–H groups in total. The normalized spacial score (nSPS) is 24.8. The highest BCUT2D eigenvalue weighted by molar-refractivity contribution is 7.12. The van der Waals surface area contributed by atoms with Gasteiger partial charge in [0.05, 0.1) is 4.88 Å². The van der Waals surface area contributed by atoms with Crippen molar-refractivity contribution in [2.24, 2.45) is 0 Å². The van der Waals surface area contributed by atoms with E-state index in [4.69, 9.17) is 4.74 Å². The van der Waals surface area contributed by atoms with E-state index in [2.05, 4.69) is 43.2 Å². The van der Waals surface area contributed by atoms with Crippen LogP contribution in [-0.4, -0.2) is 36.0 Å². The second-order valence-electron chi connectivity index (χ2n) is 8.07. The van der Waals surface area contributed by atoms with E-state index in [-0.39, 0.29) is 5.91 Å². The lowest BCUT2D eigenvalue weighted by Crippen LogP contribution is -2.48. The summed E-state index contributed by atoms with van der Waals surface area (Å²) in [6.07, 6.45) is 4.69. The molecule has 5 heteroatoms. The molecule has 4 rings (SSSR count). The van der Waals surface area contributed by atoms with Crippen molar-refractivity contribution >= 4 is 17.2 Å². The number of amides is 1. The molecule has 0 aliphatic carbocycles. The third-order valence-corrected chi connectivity index (χ3v) is 7.01. The number of benzene rings is 1. The Labute approximate surface area is 165 Å². The van der Waals surface area contributed by atoms with Gasteiger partial charge in [-0.25, -0.2) is 0 Å². The highest BCUT2D eigenvalue weighted by Crippen LogP contribution is 2.34. The molecule has 2 atom stereocenters. The van der Waals surface area contributed by atoms with E-state index in [9.17, 15) is 4.79 Å². The average Bonchev–Trinajstić information content (AvgIpc) is 3.16. The van der Waals surface area contributed by atoms with Gasteiger partial charge in [-0.15, -0.1) is 11.3 Å². The highest BCUT2D eigenvalue weighted by Gasteiger charge is 2.38. The minimum atomic E-state index is 0.0618. The van der Waals surface area contributed by atoms with E-state index in [1.165, 1.54) is 29.7 Å². The van der Waals surface area contributed by atoms with Crippen LogP contribution in [0.4, 0.5) is 0 Å². The largest absolute Gasteiger partial charge is 0.489 e. The zero-order valence-electron chi connectivity index (χ0n) is 16.3. The molecule has 1 aromatic carbocycles. The van der Waals surface area contributed by atoms with E-state index < -0.39 is 0 Å². The maximum Gasteiger partial charge on any atom is 0.261 e. The van der Waals surface area contributed by atoms with Crippen LogP contribution in [0.2, 0.25) is 0 Å². The summed E-state index contributed by atoms with van der Waals surface area (Å²) in [7, 11) is 2.22. The molecule has 144 valence electrons. The number of rotatable bonds is 5. The molecule has 0 saturated carbocycles. The quantitative estimate of drug-likeness (QED) is 0.836. The lowest BCUT2D eigenvalue weighted by Gasteiger charge is -2.36. The lowest BCUT2D eigenvalue weighted by molar-refractivity contribution is 0.0886. The third-order valence-electron chi connectivity index (χ3n) is 6.04. The topological polar surface area (TPSA) is 41.6 Å². The van der Waals surface area contributed by atoms with Crippen LogP contribution in [0.25, 0.3) is 0 Å². The van der Waals surface area contributed by atoms with E-state index in [1.54, 1.807) is 0 Å². The lowest BCUT2D eigenvalue weighted by atomic mass is 9.98. The number of fused-ring (bicyclic) bond motifs is 2. The Kier molecular flexibility index (Phi) is 5.24. The van der Waals surface area contributed by atoms with Gasteiger partial charge in [-0.2, -0.15) is 0 Å². The Morgan fingerprint density at radius 1 is 1.22 bits per heavy atom. The number of carbonyl (C=O) groups excluding carboxylic acids is 1. The second-order valence-corrected chi connectivity index (χ2v) is 8.98. The summed E-state index contributed by atoms with van der Waals surface area (Å²) in [6, 6.07) is 9.74. The molecule has 2 bridgehead atoms. The first-order valence-corrected chi connectivity index (χ1v) is 10.7. The van der Waals surface area contributed by atoms with Crippen LogP contribution < -0.4 is 10.1 Å². The van der Waals surface area contributed by atoms with Crippen LogP contribution in [0.3, 0.4) is 0 Å². The van der Waals surface area contributed by atoms with Crippen molar-refractivity contribution in [3.05, 3.63) is 51.2 Å². The third kappa shape index (κ3) is 4.04. The van der Waals surface area contributed by atoms with E-state index in [0.29, 0.717) is 24.7 Å². The summed E-state index contributed by atoms with van der Waals surface area (Å²) in [5.74, 6) is 0.964. The summed E-state index contributed by atoms with van der Waals surface area (Å²) < 4.78 is 5.94.